The highest BCUT2D eigenvalue weighted by Crippen LogP contribution is 2.33. The smallest absolute Gasteiger partial charge is 0.354 e. The molecule has 0 atom stereocenters. The van der Waals surface area contributed by atoms with Crippen molar-refractivity contribution in [2.45, 2.75) is 19.4 Å². The number of halogens is 1. The lowest BCUT2D eigenvalue weighted by Crippen LogP contribution is -2.11. The molecule has 2 aromatic rings. The number of allylic oxidation sites excluding steroid dienone is 1. The van der Waals surface area contributed by atoms with Gasteiger partial charge in [0.2, 0.25) is 0 Å². The molecule has 0 amide bonds. The minimum atomic E-state index is -0.947. The Bertz CT molecular complexity index is 644. The van der Waals surface area contributed by atoms with Gasteiger partial charge in [-0.15, -0.1) is 19.0 Å². The highest BCUT2D eigenvalue weighted by molar-refractivity contribution is 5.90. The topological polar surface area (TPSA) is 83.8 Å². The van der Waals surface area contributed by atoms with Crippen molar-refractivity contribution in [2.75, 3.05) is 0 Å². The van der Waals surface area contributed by atoms with Crippen LogP contribution in [-0.2, 0) is 19.4 Å². The van der Waals surface area contributed by atoms with Crippen LogP contribution in [0.5, 0.6) is 0 Å². The summed E-state index contributed by atoms with van der Waals surface area (Å²) in [6.07, 6.45) is 4.77. The van der Waals surface area contributed by atoms with Crippen molar-refractivity contribution in [1.82, 2.24) is 20.0 Å². The van der Waals surface area contributed by atoms with E-state index in [1.807, 2.05) is 0 Å². The Labute approximate surface area is 115 Å². The van der Waals surface area contributed by atoms with Gasteiger partial charge >= 0.3 is 5.97 Å². The molecule has 0 spiro atoms. The third-order valence-corrected chi connectivity index (χ3v) is 3.15. The van der Waals surface area contributed by atoms with Gasteiger partial charge in [0.15, 0.2) is 0 Å². The van der Waals surface area contributed by atoms with Crippen LogP contribution in [0.1, 0.15) is 21.7 Å². The number of carboxylic acids is 1. The fourth-order valence-electron chi connectivity index (χ4n) is 2.40. The Morgan fingerprint density at radius 3 is 3.05 bits per heavy atom. The lowest BCUT2D eigenvalue weighted by molar-refractivity contribution is 0.0683. The largest absolute Gasteiger partial charge is 0.477 e. The summed E-state index contributed by atoms with van der Waals surface area (Å²) < 4.78 is 1.49. The van der Waals surface area contributed by atoms with Crippen molar-refractivity contribution in [2.24, 2.45) is 0 Å². The molecule has 0 saturated carbocycles. The fourth-order valence-corrected chi connectivity index (χ4v) is 2.40. The van der Waals surface area contributed by atoms with E-state index in [9.17, 15) is 9.90 Å². The summed E-state index contributed by atoms with van der Waals surface area (Å²) in [5, 5.41) is 20.6. The first-order valence-electron chi connectivity index (χ1n) is 5.69. The molecule has 0 unspecified atom stereocenters. The Morgan fingerprint density at radius 1 is 1.58 bits per heavy atom. The van der Waals surface area contributed by atoms with Gasteiger partial charge in [-0.25, -0.2) is 4.79 Å². The van der Waals surface area contributed by atoms with Gasteiger partial charge in [-0.3, -0.25) is 9.78 Å². The standard InChI is InChI=1S/C12H12N4O2.ClH/c1-2-5-16-11(12(17)18)7-3-4-9-8(6-13-14-9)10(7)15-16;/h2,6H,1,3-5H2,(H,13,14)(H,17,18);1H. The molecule has 0 aromatic carbocycles. The number of carboxylic acid groups (broad SMARTS) is 1. The number of nitrogens with one attached hydrogen (secondary N) is 1. The van der Waals surface area contributed by atoms with Crippen LogP contribution in [-0.4, -0.2) is 31.1 Å². The van der Waals surface area contributed by atoms with Gasteiger partial charge in [-0.1, -0.05) is 6.08 Å². The zero-order valence-electron chi connectivity index (χ0n) is 10.1. The van der Waals surface area contributed by atoms with Crippen molar-refractivity contribution in [1.29, 1.82) is 0 Å². The number of aromatic nitrogens is 4. The van der Waals surface area contributed by atoms with Gasteiger partial charge in [0.05, 0.1) is 18.4 Å². The maximum atomic E-state index is 11.4. The quantitative estimate of drug-likeness (QED) is 0.838. The van der Waals surface area contributed by atoms with Crippen LogP contribution in [0.15, 0.2) is 18.9 Å². The van der Waals surface area contributed by atoms with E-state index in [-0.39, 0.29) is 18.1 Å². The van der Waals surface area contributed by atoms with Crippen molar-refractivity contribution in [3.63, 3.8) is 0 Å². The normalized spacial score (nSPS) is 12.2. The average Bonchev–Trinajstić information content (AvgIpc) is 2.90. The Morgan fingerprint density at radius 2 is 2.37 bits per heavy atom. The van der Waals surface area contributed by atoms with E-state index >= 15 is 0 Å². The van der Waals surface area contributed by atoms with E-state index in [1.165, 1.54) is 4.68 Å². The van der Waals surface area contributed by atoms with Crippen molar-refractivity contribution in [3.05, 3.63) is 35.8 Å². The molecule has 1 aliphatic carbocycles. The lowest BCUT2D eigenvalue weighted by Gasteiger charge is -2.09. The number of hydrogen-bond donors (Lipinski definition) is 2. The summed E-state index contributed by atoms with van der Waals surface area (Å²) in [6, 6.07) is 0. The molecular weight excluding hydrogens is 268 g/mol. The van der Waals surface area contributed by atoms with E-state index in [0.717, 1.165) is 28.9 Å². The van der Waals surface area contributed by atoms with Crippen LogP contribution >= 0.6 is 12.4 Å². The van der Waals surface area contributed by atoms with Gasteiger partial charge in [0.1, 0.15) is 5.69 Å². The van der Waals surface area contributed by atoms with Gasteiger partial charge < -0.3 is 5.11 Å². The molecule has 0 fully saturated rings. The van der Waals surface area contributed by atoms with Crippen LogP contribution in [0, 0.1) is 0 Å². The number of H-pyrrole nitrogens is 1. The van der Waals surface area contributed by atoms with E-state index in [1.54, 1.807) is 12.3 Å². The van der Waals surface area contributed by atoms with Gasteiger partial charge in [0.25, 0.3) is 0 Å². The molecule has 7 heteroatoms. The predicted molar refractivity (Wildman–Crippen MR) is 71.6 cm³/mol. The van der Waals surface area contributed by atoms with Crippen molar-refractivity contribution >= 4 is 18.4 Å². The minimum Gasteiger partial charge on any atom is -0.477 e. The average molecular weight is 281 g/mol. The van der Waals surface area contributed by atoms with E-state index in [0.29, 0.717) is 13.0 Å². The first-order chi connectivity index (χ1) is 8.72. The Balaban J connectivity index is 0.00000133. The zero-order valence-corrected chi connectivity index (χ0v) is 10.9. The monoisotopic (exact) mass is 280 g/mol. The number of aryl methyl sites for hydroxylation is 1. The third kappa shape index (κ3) is 1.94. The predicted octanol–water partition coefficient (Wildman–Crippen LogP) is 1.68. The fraction of sp³-hybridized carbons (Fsp3) is 0.250. The molecule has 100 valence electrons. The molecule has 6 nitrogen and oxygen atoms in total. The maximum Gasteiger partial charge on any atom is 0.354 e. The molecule has 3 rings (SSSR count). The lowest BCUT2D eigenvalue weighted by atomic mass is 9.94. The number of nitrogens with zero attached hydrogens (tertiary/aromatic N) is 3. The second-order valence-electron chi connectivity index (χ2n) is 4.21. The van der Waals surface area contributed by atoms with Crippen molar-refractivity contribution in [3.8, 4) is 11.3 Å². The Kier molecular flexibility index (Phi) is 3.44. The SMILES string of the molecule is C=CCn1nc2c(c1C(=O)O)CCc1[nH]ncc1-2.Cl. The second kappa shape index (κ2) is 4.89. The number of hydrogen-bond acceptors (Lipinski definition) is 3. The molecule has 19 heavy (non-hydrogen) atoms. The molecule has 2 heterocycles. The molecule has 2 N–H and O–H groups in total. The Hall–Kier alpha value is -2.08. The van der Waals surface area contributed by atoms with E-state index in [4.69, 9.17) is 0 Å². The first kappa shape index (κ1) is 13.4. The van der Waals surface area contributed by atoms with Crippen LogP contribution < -0.4 is 0 Å². The number of fused-ring (bicyclic) bond motifs is 3. The van der Waals surface area contributed by atoms with Gasteiger partial charge in [0, 0.05) is 16.8 Å². The number of aromatic carboxylic acids is 1. The summed E-state index contributed by atoms with van der Waals surface area (Å²) in [7, 11) is 0. The number of carbonyl (C=O) groups is 1. The summed E-state index contributed by atoms with van der Waals surface area (Å²) in [5.41, 5.74) is 3.70. The van der Waals surface area contributed by atoms with Crippen LogP contribution in [0.3, 0.4) is 0 Å². The molecule has 0 bridgehead atoms. The number of rotatable bonds is 3. The summed E-state index contributed by atoms with van der Waals surface area (Å²) in [4.78, 5) is 11.4. The number of aromatic amines is 1. The summed E-state index contributed by atoms with van der Waals surface area (Å²) >= 11 is 0. The van der Waals surface area contributed by atoms with Crippen LogP contribution in [0.25, 0.3) is 11.3 Å². The molecule has 0 saturated heterocycles. The second-order valence-corrected chi connectivity index (χ2v) is 4.21. The molecule has 2 aromatic heterocycles. The van der Waals surface area contributed by atoms with Crippen molar-refractivity contribution < 1.29 is 9.90 Å². The summed E-state index contributed by atoms with van der Waals surface area (Å²) in [6.45, 7) is 4.02. The molecule has 0 aliphatic heterocycles. The summed E-state index contributed by atoms with van der Waals surface area (Å²) in [5.74, 6) is -0.947. The first-order valence-corrected chi connectivity index (χ1v) is 5.69. The zero-order chi connectivity index (χ0) is 12.7. The van der Waals surface area contributed by atoms with E-state index < -0.39 is 5.97 Å². The van der Waals surface area contributed by atoms with Gasteiger partial charge in [-0.05, 0) is 12.8 Å². The van der Waals surface area contributed by atoms with Gasteiger partial charge in [-0.2, -0.15) is 10.2 Å². The minimum absolute atomic E-state index is 0. The molecule has 1 aliphatic rings. The highest BCUT2D eigenvalue weighted by Gasteiger charge is 2.28. The third-order valence-electron chi connectivity index (χ3n) is 3.15. The molecular formula is C12H13ClN4O2. The maximum absolute atomic E-state index is 11.4. The molecule has 0 radical (unpaired) electrons. The van der Waals surface area contributed by atoms with Crippen LogP contribution in [0.4, 0.5) is 0 Å². The highest BCUT2D eigenvalue weighted by atomic mass is 35.5. The van der Waals surface area contributed by atoms with E-state index in [2.05, 4.69) is 21.9 Å². The van der Waals surface area contributed by atoms with Crippen LogP contribution in [0.2, 0.25) is 0 Å².